The van der Waals surface area contributed by atoms with E-state index in [-0.39, 0.29) is 18.3 Å². The lowest BCUT2D eigenvalue weighted by molar-refractivity contribution is 0.00578. The van der Waals surface area contributed by atoms with Crippen molar-refractivity contribution in [3.05, 3.63) is 121 Å². The molecular formula is C39H32BNO2S. The van der Waals surface area contributed by atoms with E-state index in [1.165, 1.54) is 43.0 Å². The second-order valence-corrected chi connectivity index (χ2v) is 13.8. The molecule has 8 rings (SSSR count). The average Bonchev–Trinajstić information content (AvgIpc) is 3.27. The van der Waals surface area contributed by atoms with Gasteiger partial charge in [-0.15, -0.1) is 0 Å². The van der Waals surface area contributed by atoms with Gasteiger partial charge in [0.05, 0.1) is 22.4 Å². The molecule has 1 saturated heterocycles. The van der Waals surface area contributed by atoms with Crippen LogP contribution in [0.3, 0.4) is 0 Å². The summed E-state index contributed by atoms with van der Waals surface area (Å²) in [4.78, 5) is 7.69. The second-order valence-electron chi connectivity index (χ2n) is 12.7. The maximum atomic E-state index is 6.23. The van der Waals surface area contributed by atoms with Crippen molar-refractivity contribution in [1.29, 1.82) is 0 Å². The van der Waals surface area contributed by atoms with Gasteiger partial charge >= 0.3 is 7.12 Å². The number of nitrogens with zero attached hydrogens (tertiary/aromatic N) is 1. The van der Waals surface area contributed by atoms with E-state index in [0.29, 0.717) is 0 Å². The van der Waals surface area contributed by atoms with Crippen molar-refractivity contribution >= 4 is 35.2 Å². The Labute approximate surface area is 263 Å². The van der Waals surface area contributed by atoms with Crippen molar-refractivity contribution in [2.24, 2.45) is 0 Å². The Bertz CT molecular complexity index is 2030. The zero-order valence-corrected chi connectivity index (χ0v) is 26.1. The molecule has 5 heteroatoms. The molecule has 2 aliphatic heterocycles. The normalized spacial score (nSPS) is 16.2. The van der Waals surface area contributed by atoms with Crippen LogP contribution in [0.1, 0.15) is 27.7 Å². The minimum atomic E-state index is -0.351. The van der Waals surface area contributed by atoms with E-state index >= 15 is 0 Å². The Morgan fingerprint density at radius 2 is 1.14 bits per heavy atom. The standard InChI is InChI=1S/C39H32BNO2S/c1-38(2)39(3,4)43-40(42-38)30-21-19-26(20-22-30)25-15-17-27(18-16-25)28-9-7-10-29(23-28)34-24-32-31-11-5-6-13-35(31)44-36-14-8-12-33(41-34)37(32)36/h5-24H,1-4H3. The summed E-state index contributed by atoms with van der Waals surface area (Å²) < 4.78 is 12.5. The summed E-state index contributed by atoms with van der Waals surface area (Å²) in [6.45, 7) is 8.34. The van der Waals surface area contributed by atoms with E-state index in [2.05, 4.69) is 149 Å². The molecule has 0 aliphatic carbocycles. The molecule has 1 fully saturated rings. The zero-order valence-electron chi connectivity index (χ0n) is 25.3. The largest absolute Gasteiger partial charge is 0.494 e. The van der Waals surface area contributed by atoms with Crippen molar-refractivity contribution < 1.29 is 9.31 Å². The van der Waals surface area contributed by atoms with Crippen LogP contribution in [0.2, 0.25) is 0 Å². The molecule has 5 aromatic carbocycles. The van der Waals surface area contributed by atoms with Crippen molar-refractivity contribution in [2.75, 3.05) is 0 Å². The fourth-order valence-electron chi connectivity index (χ4n) is 6.12. The van der Waals surface area contributed by atoms with Crippen LogP contribution < -0.4 is 5.46 Å². The monoisotopic (exact) mass is 589 g/mol. The molecule has 3 nitrogen and oxygen atoms in total. The lowest BCUT2D eigenvalue weighted by atomic mass is 9.78. The first-order valence-electron chi connectivity index (χ1n) is 15.1. The maximum absolute atomic E-state index is 6.23. The van der Waals surface area contributed by atoms with E-state index < -0.39 is 0 Å². The van der Waals surface area contributed by atoms with Gasteiger partial charge in [0.15, 0.2) is 0 Å². The summed E-state index contributed by atoms with van der Waals surface area (Å²) in [7, 11) is -0.351. The molecular weight excluding hydrogens is 557 g/mol. The molecule has 6 aromatic rings. The predicted octanol–water partition coefficient (Wildman–Crippen LogP) is 9.67. The molecule has 1 aromatic heterocycles. The lowest BCUT2D eigenvalue weighted by Crippen LogP contribution is -2.41. The van der Waals surface area contributed by atoms with Crippen LogP contribution in [0.25, 0.3) is 55.5 Å². The third-order valence-electron chi connectivity index (χ3n) is 9.34. The molecule has 0 radical (unpaired) electrons. The first kappa shape index (κ1) is 27.4. The molecule has 44 heavy (non-hydrogen) atoms. The molecule has 0 unspecified atom stereocenters. The summed E-state index contributed by atoms with van der Waals surface area (Å²) >= 11 is 1.83. The number of hydrogen-bond donors (Lipinski definition) is 0. The first-order valence-corrected chi connectivity index (χ1v) is 16.0. The van der Waals surface area contributed by atoms with Gasteiger partial charge in [-0.1, -0.05) is 103 Å². The summed E-state index contributed by atoms with van der Waals surface area (Å²) in [5, 5.41) is 1.25. The highest BCUT2D eigenvalue weighted by Gasteiger charge is 2.51. The van der Waals surface area contributed by atoms with Crippen LogP contribution in [0.4, 0.5) is 0 Å². The third kappa shape index (κ3) is 4.59. The fourth-order valence-corrected chi connectivity index (χ4v) is 7.26. The maximum Gasteiger partial charge on any atom is 0.494 e. The number of pyridine rings is 1. The van der Waals surface area contributed by atoms with Crippen molar-refractivity contribution in [1.82, 2.24) is 4.98 Å². The summed E-state index contributed by atoms with van der Waals surface area (Å²) in [5.74, 6) is 0. The summed E-state index contributed by atoms with van der Waals surface area (Å²) in [6, 6.07) is 43.4. The number of rotatable bonds is 4. The highest BCUT2D eigenvalue weighted by Crippen LogP contribution is 2.48. The van der Waals surface area contributed by atoms with Gasteiger partial charge in [-0.2, -0.15) is 0 Å². The van der Waals surface area contributed by atoms with Gasteiger partial charge in [0.25, 0.3) is 0 Å². The molecule has 0 spiro atoms. The molecule has 2 aliphatic rings. The second kappa shape index (κ2) is 10.2. The molecule has 0 bridgehead atoms. The van der Waals surface area contributed by atoms with E-state index in [1.807, 2.05) is 11.8 Å². The van der Waals surface area contributed by atoms with Crippen molar-refractivity contribution in [3.63, 3.8) is 0 Å². The number of hydrogen-bond acceptors (Lipinski definition) is 4. The lowest BCUT2D eigenvalue weighted by Gasteiger charge is -2.32. The smallest absolute Gasteiger partial charge is 0.399 e. The van der Waals surface area contributed by atoms with Gasteiger partial charge < -0.3 is 9.31 Å². The van der Waals surface area contributed by atoms with E-state index in [1.54, 1.807) is 0 Å². The van der Waals surface area contributed by atoms with Crippen molar-refractivity contribution in [3.8, 4) is 44.6 Å². The topological polar surface area (TPSA) is 31.4 Å². The molecule has 3 heterocycles. The molecule has 0 saturated carbocycles. The Morgan fingerprint density at radius 3 is 1.86 bits per heavy atom. The number of aromatic nitrogens is 1. The number of benzene rings is 5. The summed E-state index contributed by atoms with van der Waals surface area (Å²) in [6.07, 6.45) is 0. The Hall–Kier alpha value is -4.16. The number of fused-ring (bicyclic) bond motifs is 2. The minimum absolute atomic E-state index is 0.349. The molecule has 214 valence electrons. The summed E-state index contributed by atoms with van der Waals surface area (Å²) in [5.41, 5.74) is 10.7. The Balaban J connectivity index is 1.08. The van der Waals surface area contributed by atoms with Crippen LogP contribution in [-0.2, 0) is 9.31 Å². The average molecular weight is 590 g/mol. The van der Waals surface area contributed by atoms with Crippen LogP contribution in [0, 0.1) is 0 Å². The van der Waals surface area contributed by atoms with E-state index in [4.69, 9.17) is 14.3 Å². The highest BCUT2D eigenvalue weighted by atomic mass is 32.2. The van der Waals surface area contributed by atoms with Crippen LogP contribution in [0.15, 0.2) is 131 Å². The predicted molar refractivity (Wildman–Crippen MR) is 183 cm³/mol. The first-order chi connectivity index (χ1) is 21.3. The van der Waals surface area contributed by atoms with Gasteiger partial charge in [0.1, 0.15) is 0 Å². The van der Waals surface area contributed by atoms with E-state index in [0.717, 1.165) is 27.8 Å². The third-order valence-corrected chi connectivity index (χ3v) is 10.5. The van der Waals surface area contributed by atoms with Gasteiger partial charge in [-0.3, -0.25) is 0 Å². The van der Waals surface area contributed by atoms with Gasteiger partial charge in [0.2, 0.25) is 0 Å². The highest BCUT2D eigenvalue weighted by molar-refractivity contribution is 7.99. The Kier molecular flexibility index (Phi) is 6.35. The van der Waals surface area contributed by atoms with Crippen LogP contribution in [-0.4, -0.2) is 23.3 Å². The Morgan fingerprint density at radius 1 is 0.545 bits per heavy atom. The van der Waals surface area contributed by atoms with Gasteiger partial charge in [-0.05, 0) is 96.9 Å². The molecule has 0 amide bonds. The van der Waals surface area contributed by atoms with Crippen LogP contribution >= 0.6 is 11.8 Å². The van der Waals surface area contributed by atoms with E-state index in [9.17, 15) is 0 Å². The minimum Gasteiger partial charge on any atom is -0.399 e. The van der Waals surface area contributed by atoms with Crippen LogP contribution in [0.5, 0.6) is 0 Å². The molecule has 0 atom stereocenters. The van der Waals surface area contributed by atoms with Crippen molar-refractivity contribution in [2.45, 2.75) is 48.7 Å². The zero-order chi connectivity index (χ0) is 30.1. The quantitative estimate of drug-likeness (QED) is 0.191. The van der Waals surface area contributed by atoms with Gasteiger partial charge in [0, 0.05) is 20.7 Å². The molecule has 0 N–H and O–H groups in total. The SMILES string of the molecule is CC1(C)OB(c2ccc(-c3ccc(-c4cccc(-c5cc6c7c(cccc7n5)Sc5ccccc5-6)c4)cc3)cc2)OC1(C)C. The van der Waals surface area contributed by atoms with Gasteiger partial charge in [-0.25, -0.2) is 4.98 Å². The fraction of sp³-hybridized carbons (Fsp3) is 0.154.